The van der Waals surface area contributed by atoms with Gasteiger partial charge in [-0.05, 0) is 32.1 Å². The maximum atomic E-state index is 13.4. The summed E-state index contributed by atoms with van der Waals surface area (Å²) in [5.74, 6) is -4.10. The number of sulfone groups is 1. The molecule has 1 aromatic rings. The van der Waals surface area contributed by atoms with Crippen LogP contribution in [0.4, 0.5) is 0 Å². The molecule has 0 bridgehead atoms. The molecule has 2 amide bonds. The molecule has 0 radical (unpaired) electrons. The number of carbonyl (C=O) groups excluding carboxylic acids is 2. The molecular weight excluding hydrogens is 456 g/mol. The highest BCUT2D eigenvalue weighted by molar-refractivity contribution is 7.99. The molecule has 1 heterocycles. The van der Waals surface area contributed by atoms with Crippen LogP contribution in [-0.2, 0) is 35.4 Å². The van der Waals surface area contributed by atoms with Gasteiger partial charge in [-0.1, -0.05) is 30.3 Å². The zero-order chi connectivity index (χ0) is 23.9. The molecule has 2 atom stereocenters. The first-order valence-electron chi connectivity index (χ1n) is 10.2. The third kappa shape index (κ3) is 6.46. The van der Waals surface area contributed by atoms with E-state index in [0.29, 0.717) is 26.3 Å². The van der Waals surface area contributed by atoms with Gasteiger partial charge in [-0.15, -0.1) is 11.8 Å². The number of benzene rings is 1. The lowest BCUT2D eigenvalue weighted by Crippen LogP contribution is -2.55. The van der Waals surface area contributed by atoms with Gasteiger partial charge in [0.15, 0.2) is 15.2 Å². The van der Waals surface area contributed by atoms with Crippen molar-refractivity contribution in [2.75, 3.05) is 38.3 Å². The van der Waals surface area contributed by atoms with Crippen molar-refractivity contribution in [2.45, 2.75) is 30.4 Å². The summed E-state index contributed by atoms with van der Waals surface area (Å²) < 4.78 is 30.2. The second-order valence-corrected chi connectivity index (χ2v) is 11.6. The average Bonchev–Trinajstić information content (AvgIpc) is 2.77. The van der Waals surface area contributed by atoms with Crippen molar-refractivity contribution >= 4 is 39.4 Å². The molecule has 2 rings (SSSR count). The fourth-order valence-corrected chi connectivity index (χ4v) is 5.39. The summed E-state index contributed by atoms with van der Waals surface area (Å²) in [6.07, 6.45) is 1.63. The van der Waals surface area contributed by atoms with Gasteiger partial charge in [0.2, 0.25) is 11.8 Å². The SMILES string of the molecule is CSC(NC(=O)[C@H](Cc1ccccc1)CS(=O)(=O)C(C)(C)C(=O)N1CCOCC1)C(=O)O. The first kappa shape index (κ1) is 26.1. The number of nitrogens with one attached hydrogen (secondary N) is 1. The van der Waals surface area contributed by atoms with E-state index in [0.717, 1.165) is 17.3 Å². The van der Waals surface area contributed by atoms with Crippen LogP contribution < -0.4 is 5.32 Å². The molecule has 11 heteroatoms. The number of morpholine rings is 1. The molecule has 2 N–H and O–H groups in total. The molecular formula is C21H30N2O7S2. The van der Waals surface area contributed by atoms with Crippen molar-refractivity contribution < 1.29 is 32.6 Å². The largest absolute Gasteiger partial charge is 0.479 e. The van der Waals surface area contributed by atoms with Crippen LogP contribution in [0.15, 0.2) is 30.3 Å². The number of carbonyl (C=O) groups is 3. The molecule has 1 aliphatic rings. The van der Waals surface area contributed by atoms with E-state index in [1.165, 1.54) is 25.0 Å². The van der Waals surface area contributed by atoms with E-state index in [2.05, 4.69) is 5.32 Å². The standard InChI is InChI=1S/C21H30N2O7S2/c1-21(2,20(27)23-9-11-30-12-10-23)32(28,29)14-16(13-15-7-5-4-6-8-15)17(24)22-18(31-3)19(25)26/h4-8,16,18H,9-14H2,1-3H3,(H,22,24)(H,25,26)/t16-,18?/m1/s1. The van der Waals surface area contributed by atoms with E-state index >= 15 is 0 Å². The second-order valence-electron chi connectivity index (χ2n) is 8.05. The Bertz CT molecular complexity index is 913. The minimum atomic E-state index is -4.08. The molecule has 178 valence electrons. The summed E-state index contributed by atoms with van der Waals surface area (Å²) in [6, 6.07) is 8.87. The minimum Gasteiger partial charge on any atom is -0.479 e. The van der Waals surface area contributed by atoms with Crippen LogP contribution in [0.1, 0.15) is 19.4 Å². The number of ether oxygens (including phenoxy) is 1. The maximum Gasteiger partial charge on any atom is 0.336 e. The molecule has 1 saturated heterocycles. The van der Waals surface area contributed by atoms with E-state index < -0.39 is 49.4 Å². The van der Waals surface area contributed by atoms with Crippen LogP contribution in [0.5, 0.6) is 0 Å². The lowest BCUT2D eigenvalue weighted by molar-refractivity contribution is -0.139. The highest BCUT2D eigenvalue weighted by Crippen LogP contribution is 2.25. The summed E-state index contributed by atoms with van der Waals surface area (Å²) >= 11 is 0.924. The normalized spacial score (nSPS) is 16.8. The van der Waals surface area contributed by atoms with E-state index in [1.807, 2.05) is 0 Å². The Kier molecular flexibility index (Phi) is 9.11. The van der Waals surface area contributed by atoms with Gasteiger partial charge in [0.1, 0.15) is 4.75 Å². The lowest BCUT2D eigenvalue weighted by Gasteiger charge is -2.34. The van der Waals surface area contributed by atoms with Crippen LogP contribution >= 0.6 is 11.8 Å². The molecule has 1 unspecified atom stereocenters. The highest BCUT2D eigenvalue weighted by Gasteiger charge is 2.46. The maximum absolute atomic E-state index is 13.4. The molecule has 0 aromatic heterocycles. The quantitative estimate of drug-likeness (QED) is 0.464. The second kappa shape index (κ2) is 11.2. The number of aliphatic carboxylic acids is 1. The summed E-state index contributed by atoms with van der Waals surface area (Å²) in [6.45, 7) is 3.98. The minimum absolute atomic E-state index is 0.0917. The lowest BCUT2D eigenvalue weighted by atomic mass is 10.0. The smallest absolute Gasteiger partial charge is 0.336 e. The van der Waals surface area contributed by atoms with Crippen LogP contribution in [0.3, 0.4) is 0 Å². The van der Waals surface area contributed by atoms with Crippen molar-refractivity contribution in [3.8, 4) is 0 Å². The van der Waals surface area contributed by atoms with Gasteiger partial charge >= 0.3 is 5.97 Å². The van der Waals surface area contributed by atoms with Crippen LogP contribution in [0, 0.1) is 5.92 Å². The summed E-state index contributed by atoms with van der Waals surface area (Å²) in [5.41, 5.74) is 0.733. The number of rotatable bonds is 10. The number of carboxylic acids is 1. The Morgan fingerprint density at radius 1 is 1.19 bits per heavy atom. The highest BCUT2D eigenvalue weighted by atomic mass is 32.2. The molecule has 1 fully saturated rings. The van der Waals surface area contributed by atoms with Crippen LogP contribution in [0.2, 0.25) is 0 Å². The van der Waals surface area contributed by atoms with E-state index in [-0.39, 0.29) is 6.42 Å². The monoisotopic (exact) mass is 486 g/mol. The molecule has 32 heavy (non-hydrogen) atoms. The number of amides is 2. The molecule has 0 saturated carbocycles. The predicted octanol–water partition coefficient (Wildman–Crippen LogP) is 0.787. The molecule has 0 aliphatic carbocycles. The van der Waals surface area contributed by atoms with Crippen molar-refractivity contribution in [1.29, 1.82) is 0 Å². The fourth-order valence-electron chi connectivity index (χ4n) is 3.35. The number of nitrogens with zero attached hydrogens (tertiary/aromatic N) is 1. The first-order valence-corrected chi connectivity index (χ1v) is 13.1. The molecule has 1 aromatic carbocycles. The number of hydrogen-bond donors (Lipinski definition) is 2. The van der Waals surface area contributed by atoms with Gasteiger partial charge in [0.05, 0.1) is 24.9 Å². The third-order valence-corrected chi connectivity index (χ3v) is 8.80. The summed E-state index contributed by atoms with van der Waals surface area (Å²) in [5, 5.41) is 10.5. The predicted molar refractivity (Wildman–Crippen MR) is 122 cm³/mol. The third-order valence-electron chi connectivity index (χ3n) is 5.44. The fraction of sp³-hybridized carbons (Fsp3) is 0.571. The van der Waals surface area contributed by atoms with Crippen molar-refractivity contribution in [3.63, 3.8) is 0 Å². The van der Waals surface area contributed by atoms with E-state index in [9.17, 15) is 27.9 Å². The average molecular weight is 487 g/mol. The van der Waals surface area contributed by atoms with Crippen molar-refractivity contribution in [1.82, 2.24) is 10.2 Å². The Balaban J connectivity index is 2.28. The van der Waals surface area contributed by atoms with Crippen molar-refractivity contribution in [3.05, 3.63) is 35.9 Å². The van der Waals surface area contributed by atoms with Gasteiger partial charge in [0, 0.05) is 13.1 Å². The topological polar surface area (TPSA) is 130 Å². The summed E-state index contributed by atoms with van der Waals surface area (Å²) in [7, 11) is -4.08. The summed E-state index contributed by atoms with van der Waals surface area (Å²) in [4.78, 5) is 38.7. The Hall–Kier alpha value is -2.11. The van der Waals surface area contributed by atoms with Crippen LogP contribution in [-0.4, -0.2) is 84.6 Å². The van der Waals surface area contributed by atoms with Gasteiger partial charge in [-0.3, -0.25) is 9.59 Å². The molecule has 1 aliphatic heterocycles. The molecule has 9 nitrogen and oxygen atoms in total. The number of thioether (sulfide) groups is 1. The Morgan fingerprint density at radius 3 is 2.31 bits per heavy atom. The van der Waals surface area contributed by atoms with Gasteiger partial charge < -0.3 is 20.1 Å². The first-order chi connectivity index (χ1) is 15.0. The number of carboxylic acid groups (broad SMARTS) is 1. The Morgan fingerprint density at radius 2 is 1.78 bits per heavy atom. The van der Waals surface area contributed by atoms with Gasteiger partial charge in [-0.2, -0.15) is 0 Å². The zero-order valence-corrected chi connectivity index (χ0v) is 20.1. The zero-order valence-electron chi connectivity index (χ0n) is 18.4. The van der Waals surface area contributed by atoms with Crippen LogP contribution in [0.25, 0.3) is 0 Å². The number of hydrogen-bond acceptors (Lipinski definition) is 7. The van der Waals surface area contributed by atoms with E-state index in [1.54, 1.807) is 30.3 Å². The van der Waals surface area contributed by atoms with Gasteiger partial charge in [-0.25, -0.2) is 13.2 Å². The van der Waals surface area contributed by atoms with E-state index in [4.69, 9.17) is 4.74 Å². The Labute approximate surface area is 192 Å². The van der Waals surface area contributed by atoms with Gasteiger partial charge in [0.25, 0.3) is 0 Å². The van der Waals surface area contributed by atoms with Crippen molar-refractivity contribution in [2.24, 2.45) is 5.92 Å². The molecule has 0 spiro atoms.